The molecule has 1 fully saturated rings. The topological polar surface area (TPSA) is 56.0 Å². The number of pyridine rings is 1. The minimum atomic E-state index is 0.656. The van der Waals surface area contributed by atoms with Crippen LogP contribution in [0.2, 0.25) is 0 Å². The second-order valence-electron chi connectivity index (χ2n) is 4.17. The lowest BCUT2D eigenvalue weighted by atomic mass is 10.3. The molecule has 3 aromatic rings. The van der Waals surface area contributed by atoms with Gasteiger partial charge in [0.05, 0.1) is 0 Å². The van der Waals surface area contributed by atoms with Crippen molar-refractivity contribution < 1.29 is 0 Å². The molecular formula is C11H9N5S. The maximum Gasteiger partial charge on any atom is 0.234 e. The van der Waals surface area contributed by atoms with Gasteiger partial charge in [0.2, 0.25) is 4.96 Å². The monoisotopic (exact) mass is 243 g/mol. The van der Waals surface area contributed by atoms with Crippen LogP contribution in [0.25, 0.3) is 16.3 Å². The van der Waals surface area contributed by atoms with Crippen LogP contribution in [0.1, 0.15) is 23.8 Å². The van der Waals surface area contributed by atoms with Crippen molar-refractivity contribution in [1.82, 2.24) is 24.8 Å². The number of rotatable bonds is 2. The molecule has 0 unspecified atom stereocenters. The highest BCUT2D eigenvalue weighted by molar-refractivity contribution is 7.16. The van der Waals surface area contributed by atoms with Gasteiger partial charge < -0.3 is 0 Å². The molecule has 1 aliphatic rings. The first-order chi connectivity index (χ1) is 8.42. The van der Waals surface area contributed by atoms with E-state index in [1.54, 1.807) is 23.7 Å². The minimum absolute atomic E-state index is 0.656. The summed E-state index contributed by atoms with van der Waals surface area (Å²) >= 11 is 1.64. The highest BCUT2D eigenvalue weighted by atomic mass is 32.1. The number of fused-ring (bicyclic) bond motifs is 1. The predicted molar refractivity (Wildman–Crippen MR) is 63.9 cm³/mol. The Labute approximate surface area is 101 Å². The van der Waals surface area contributed by atoms with E-state index in [0.29, 0.717) is 5.92 Å². The molecule has 17 heavy (non-hydrogen) atoms. The molecule has 0 saturated heterocycles. The molecule has 1 aliphatic carbocycles. The molecule has 0 aliphatic heterocycles. The summed E-state index contributed by atoms with van der Waals surface area (Å²) in [7, 11) is 0. The van der Waals surface area contributed by atoms with Crippen molar-refractivity contribution in [3.05, 3.63) is 29.5 Å². The van der Waals surface area contributed by atoms with E-state index in [9.17, 15) is 0 Å². The SMILES string of the molecule is c1cncc(-c2nnc3sc(C4CC4)nn23)c1. The van der Waals surface area contributed by atoms with E-state index < -0.39 is 0 Å². The van der Waals surface area contributed by atoms with Gasteiger partial charge in [0.25, 0.3) is 0 Å². The number of aromatic nitrogens is 5. The molecule has 0 aromatic carbocycles. The van der Waals surface area contributed by atoms with Crippen molar-refractivity contribution in [2.45, 2.75) is 18.8 Å². The van der Waals surface area contributed by atoms with Gasteiger partial charge in [0.1, 0.15) is 5.01 Å². The zero-order chi connectivity index (χ0) is 11.2. The van der Waals surface area contributed by atoms with Crippen LogP contribution in [0, 0.1) is 0 Å². The summed E-state index contributed by atoms with van der Waals surface area (Å²) in [6.45, 7) is 0. The Balaban J connectivity index is 1.90. The van der Waals surface area contributed by atoms with Gasteiger partial charge in [-0.3, -0.25) is 4.98 Å². The molecule has 0 atom stereocenters. The summed E-state index contributed by atoms with van der Waals surface area (Å²) in [5, 5.41) is 14.1. The molecule has 0 radical (unpaired) electrons. The van der Waals surface area contributed by atoms with Crippen LogP contribution in [0.3, 0.4) is 0 Å². The Morgan fingerprint density at radius 2 is 2.24 bits per heavy atom. The molecular weight excluding hydrogens is 234 g/mol. The van der Waals surface area contributed by atoms with Crippen LogP contribution in [-0.4, -0.2) is 24.8 Å². The summed E-state index contributed by atoms with van der Waals surface area (Å²) in [6.07, 6.45) is 6.05. The zero-order valence-corrected chi connectivity index (χ0v) is 9.76. The van der Waals surface area contributed by atoms with Gasteiger partial charge in [-0.15, -0.1) is 10.2 Å². The van der Waals surface area contributed by atoms with Crippen molar-refractivity contribution in [2.75, 3.05) is 0 Å². The van der Waals surface area contributed by atoms with Gasteiger partial charge in [0, 0.05) is 23.9 Å². The Morgan fingerprint density at radius 1 is 1.29 bits per heavy atom. The van der Waals surface area contributed by atoms with Crippen molar-refractivity contribution in [2.24, 2.45) is 0 Å². The fraction of sp³-hybridized carbons (Fsp3) is 0.273. The maximum absolute atomic E-state index is 4.59. The average Bonchev–Trinajstić information content (AvgIpc) is 3.01. The van der Waals surface area contributed by atoms with E-state index in [4.69, 9.17) is 0 Å². The van der Waals surface area contributed by atoms with Crippen LogP contribution in [0.5, 0.6) is 0 Å². The smallest absolute Gasteiger partial charge is 0.234 e. The average molecular weight is 243 g/mol. The van der Waals surface area contributed by atoms with E-state index in [0.717, 1.165) is 16.3 Å². The third-order valence-electron chi connectivity index (χ3n) is 2.85. The van der Waals surface area contributed by atoms with Gasteiger partial charge in [0.15, 0.2) is 5.82 Å². The second kappa shape index (κ2) is 3.33. The molecule has 3 aromatic heterocycles. The summed E-state index contributed by atoms with van der Waals surface area (Å²) in [5.74, 6) is 1.43. The van der Waals surface area contributed by atoms with Crippen LogP contribution in [0.15, 0.2) is 24.5 Å². The predicted octanol–water partition coefficient (Wildman–Crippen LogP) is 2.13. The maximum atomic E-state index is 4.59. The van der Waals surface area contributed by atoms with Gasteiger partial charge in [-0.1, -0.05) is 11.3 Å². The number of hydrogen-bond acceptors (Lipinski definition) is 5. The van der Waals surface area contributed by atoms with Crippen LogP contribution >= 0.6 is 11.3 Å². The summed E-state index contributed by atoms with van der Waals surface area (Å²) in [6, 6.07) is 3.87. The Kier molecular flexibility index (Phi) is 1.81. The van der Waals surface area contributed by atoms with Gasteiger partial charge in [-0.2, -0.15) is 9.61 Å². The zero-order valence-electron chi connectivity index (χ0n) is 8.95. The molecule has 0 bridgehead atoms. The highest BCUT2D eigenvalue weighted by Gasteiger charge is 2.28. The van der Waals surface area contributed by atoms with Gasteiger partial charge >= 0.3 is 0 Å². The lowest BCUT2D eigenvalue weighted by Gasteiger charge is -1.94. The van der Waals surface area contributed by atoms with Gasteiger partial charge in [-0.25, -0.2) is 0 Å². The first-order valence-corrected chi connectivity index (χ1v) is 6.36. The fourth-order valence-electron chi connectivity index (χ4n) is 1.80. The third-order valence-corrected chi connectivity index (χ3v) is 3.91. The van der Waals surface area contributed by atoms with Crippen molar-refractivity contribution in [3.63, 3.8) is 0 Å². The van der Waals surface area contributed by atoms with Crippen LogP contribution in [-0.2, 0) is 0 Å². The van der Waals surface area contributed by atoms with Crippen molar-refractivity contribution in [1.29, 1.82) is 0 Å². The molecule has 0 N–H and O–H groups in total. The van der Waals surface area contributed by atoms with E-state index >= 15 is 0 Å². The molecule has 3 heterocycles. The molecule has 4 rings (SSSR count). The Morgan fingerprint density at radius 3 is 3.00 bits per heavy atom. The van der Waals surface area contributed by atoms with Crippen LogP contribution < -0.4 is 0 Å². The lowest BCUT2D eigenvalue weighted by Crippen LogP contribution is -1.91. The lowest BCUT2D eigenvalue weighted by molar-refractivity contribution is 0.901. The molecule has 5 nitrogen and oxygen atoms in total. The molecule has 0 spiro atoms. The Hall–Kier alpha value is -1.82. The summed E-state index contributed by atoms with van der Waals surface area (Å²) < 4.78 is 1.83. The molecule has 0 amide bonds. The van der Waals surface area contributed by atoms with E-state index in [-0.39, 0.29) is 0 Å². The fourth-order valence-corrected chi connectivity index (χ4v) is 2.81. The number of hydrogen-bond donors (Lipinski definition) is 0. The van der Waals surface area contributed by atoms with E-state index in [2.05, 4.69) is 20.3 Å². The quantitative estimate of drug-likeness (QED) is 0.691. The normalized spacial score (nSPS) is 15.5. The van der Waals surface area contributed by atoms with Crippen LogP contribution in [0.4, 0.5) is 0 Å². The minimum Gasteiger partial charge on any atom is -0.264 e. The van der Waals surface area contributed by atoms with Gasteiger partial charge in [-0.05, 0) is 25.0 Å². The number of nitrogens with zero attached hydrogens (tertiary/aromatic N) is 5. The first-order valence-electron chi connectivity index (χ1n) is 5.54. The van der Waals surface area contributed by atoms with Crippen molar-refractivity contribution in [3.8, 4) is 11.4 Å². The summed E-state index contributed by atoms with van der Waals surface area (Å²) in [5.41, 5.74) is 0.952. The highest BCUT2D eigenvalue weighted by Crippen LogP contribution is 2.42. The summed E-state index contributed by atoms with van der Waals surface area (Å²) in [4.78, 5) is 4.96. The largest absolute Gasteiger partial charge is 0.264 e. The molecule has 1 saturated carbocycles. The van der Waals surface area contributed by atoms with E-state index in [1.807, 2.05) is 16.6 Å². The first kappa shape index (κ1) is 9.23. The standard InChI is InChI=1S/C11H9N5S/c1-2-8(6-12-5-1)9-13-14-11-16(9)15-10(17-11)7-3-4-7/h1-2,5-7H,3-4H2. The molecule has 84 valence electrons. The molecule has 6 heteroatoms. The Bertz CT molecular complexity index is 668. The second-order valence-corrected chi connectivity index (χ2v) is 5.16. The van der Waals surface area contributed by atoms with Crippen molar-refractivity contribution >= 4 is 16.3 Å². The third kappa shape index (κ3) is 1.44. The van der Waals surface area contributed by atoms with E-state index in [1.165, 1.54) is 17.8 Å².